The Labute approximate surface area is 110 Å². The maximum Gasteiger partial charge on any atom is 0.490 e. The lowest BCUT2D eigenvalue weighted by Crippen LogP contribution is -2.33. The van der Waals surface area contributed by atoms with E-state index >= 15 is 0 Å². The molecule has 0 aliphatic carbocycles. The first-order valence-electron chi connectivity index (χ1n) is 5.43. The maximum atomic E-state index is 11.7. The Morgan fingerprint density at radius 3 is 2.53 bits per heavy atom. The molecule has 0 bridgehead atoms. The van der Waals surface area contributed by atoms with Crippen molar-refractivity contribution in [2.75, 3.05) is 11.4 Å². The van der Waals surface area contributed by atoms with E-state index in [1.807, 2.05) is 0 Å². The number of anilines is 1. The van der Waals surface area contributed by atoms with Gasteiger partial charge in [-0.15, -0.1) is 0 Å². The molecule has 1 fully saturated rings. The van der Waals surface area contributed by atoms with Crippen molar-refractivity contribution in [2.24, 2.45) is 5.14 Å². The Morgan fingerprint density at radius 2 is 2.11 bits per heavy atom. The normalized spacial score (nSPS) is 19.8. The van der Waals surface area contributed by atoms with E-state index in [0.717, 1.165) is 0 Å². The second-order valence-electron chi connectivity index (χ2n) is 4.24. The van der Waals surface area contributed by atoms with Crippen LogP contribution in [0.5, 0.6) is 0 Å². The van der Waals surface area contributed by atoms with Crippen LogP contribution < -0.4 is 15.5 Å². The number of nitrogens with two attached hydrogens (primary N) is 1. The molecule has 1 aromatic rings. The lowest BCUT2D eigenvalue weighted by molar-refractivity contribution is -0.117. The summed E-state index contributed by atoms with van der Waals surface area (Å²) in [6.45, 7) is -0.0499. The van der Waals surface area contributed by atoms with Gasteiger partial charge in [-0.05, 0) is 6.07 Å². The first-order valence-corrected chi connectivity index (χ1v) is 7.04. The lowest BCUT2D eigenvalue weighted by Gasteiger charge is -2.15. The van der Waals surface area contributed by atoms with Crippen LogP contribution in [0.4, 0.5) is 5.82 Å². The van der Waals surface area contributed by atoms with E-state index < -0.39 is 22.4 Å². The number of hydrogen-bond acceptors (Lipinski definition) is 6. The topological polar surface area (TPSA) is 134 Å². The van der Waals surface area contributed by atoms with Gasteiger partial charge in [0.15, 0.2) is 0 Å². The molecule has 10 heteroatoms. The monoisotopic (exact) mass is 285 g/mol. The van der Waals surface area contributed by atoms with Crippen molar-refractivity contribution in [3.8, 4) is 0 Å². The van der Waals surface area contributed by atoms with Gasteiger partial charge < -0.3 is 10.0 Å². The van der Waals surface area contributed by atoms with Gasteiger partial charge in [0.2, 0.25) is 15.9 Å². The van der Waals surface area contributed by atoms with Crippen LogP contribution in [0.15, 0.2) is 18.3 Å². The molecule has 102 valence electrons. The summed E-state index contributed by atoms with van der Waals surface area (Å²) in [6, 6.07) is 2.81. The summed E-state index contributed by atoms with van der Waals surface area (Å²) in [6.07, 6.45) is 1.03. The maximum absolute atomic E-state index is 11.7. The lowest BCUT2D eigenvalue weighted by atomic mass is 9.82. The Hall–Kier alpha value is -1.49. The van der Waals surface area contributed by atoms with E-state index in [4.69, 9.17) is 15.2 Å². The molecule has 1 aliphatic heterocycles. The second kappa shape index (κ2) is 4.89. The van der Waals surface area contributed by atoms with Crippen LogP contribution in [0.25, 0.3) is 0 Å². The molecule has 4 N–H and O–H groups in total. The number of carbonyl (C=O) groups excluding carboxylic acids is 1. The Morgan fingerprint density at radius 1 is 1.42 bits per heavy atom. The minimum atomic E-state index is -3.77. The number of amides is 1. The predicted octanol–water partition coefficient (Wildman–Crippen LogP) is -2.84. The molecule has 19 heavy (non-hydrogen) atoms. The van der Waals surface area contributed by atoms with Crippen molar-refractivity contribution in [1.82, 2.24) is 4.98 Å². The molecule has 1 atom stereocenters. The highest BCUT2D eigenvalue weighted by molar-refractivity contribution is 7.89. The number of aromatic nitrogens is 1. The first kappa shape index (κ1) is 13.9. The van der Waals surface area contributed by atoms with Gasteiger partial charge in [-0.3, -0.25) is 9.69 Å². The highest BCUT2D eigenvalue weighted by Gasteiger charge is 2.37. The zero-order valence-corrected chi connectivity index (χ0v) is 10.6. The smallest absolute Gasteiger partial charge is 0.423 e. The third kappa shape index (κ3) is 2.92. The minimum Gasteiger partial charge on any atom is -0.423 e. The van der Waals surface area contributed by atoms with Crippen LogP contribution in [0.1, 0.15) is 6.42 Å². The number of primary sulfonamides is 1. The van der Waals surface area contributed by atoms with Crippen molar-refractivity contribution < 1.29 is 23.3 Å². The highest BCUT2D eigenvalue weighted by atomic mass is 32.2. The standard InChI is InChI=1S/C9H12BN3O5S/c11-19(17,18)7-3-9(14)13(5-7)8-2-1-6(4-12-8)10(15)16/h1-2,4,7,15-16H,3,5H2,(H2,11,17,18). The fraction of sp³-hybridized carbons (Fsp3) is 0.333. The van der Waals surface area contributed by atoms with Gasteiger partial charge in [-0.25, -0.2) is 18.5 Å². The summed E-state index contributed by atoms with van der Waals surface area (Å²) >= 11 is 0. The molecule has 1 saturated heterocycles. The van der Waals surface area contributed by atoms with Gasteiger partial charge in [0.05, 0.1) is 0 Å². The van der Waals surface area contributed by atoms with Crippen molar-refractivity contribution in [2.45, 2.75) is 11.7 Å². The van der Waals surface area contributed by atoms with Crippen LogP contribution in [0.2, 0.25) is 0 Å². The number of sulfonamides is 1. The molecule has 1 aliphatic rings. The Bertz CT molecular complexity index is 588. The highest BCUT2D eigenvalue weighted by Crippen LogP contribution is 2.21. The zero-order valence-electron chi connectivity index (χ0n) is 9.80. The van der Waals surface area contributed by atoms with E-state index in [1.165, 1.54) is 23.2 Å². The minimum absolute atomic E-state index is 0.0499. The number of pyridine rings is 1. The predicted molar refractivity (Wildman–Crippen MR) is 67.9 cm³/mol. The van der Waals surface area contributed by atoms with Crippen LogP contribution in [-0.4, -0.2) is 48.3 Å². The van der Waals surface area contributed by atoms with Crippen LogP contribution >= 0.6 is 0 Å². The molecule has 1 unspecified atom stereocenters. The molecule has 0 aromatic carbocycles. The summed E-state index contributed by atoms with van der Waals surface area (Å²) in [5.74, 6) is -0.135. The summed E-state index contributed by atoms with van der Waals surface area (Å²) in [5.41, 5.74) is 0.179. The molecular weight excluding hydrogens is 273 g/mol. The van der Waals surface area contributed by atoms with Crippen LogP contribution in [0, 0.1) is 0 Å². The van der Waals surface area contributed by atoms with E-state index in [-0.39, 0.29) is 30.2 Å². The van der Waals surface area contributed by atoms with Gasteiger partial charge >= 0.3 is 7.12 Å². The van der Waals surface area contributed by atoms with Crippen LogP contribution in [0.3, 0.4) is 0 Å². The third-order valence-corrected chi connectivity index (χ3v) is 4.14. The Balaban J connectivity index is 2.21. The second-order valence-corrected chi connectivity index (χ2v) is 6.09. The van der Waals surface area contributed by atoms with Gasteiger partial charge in [0, 0.05) is 24.6 Å². The summed E-state index contributed by atoms with van der Waals surface area (Å²) < 4.78 is 22.4. The van der Waals surface area contributed by atoms with Crippen LogP contribution in [-0.2, 0) is 14.8 Å². The van der Waals surface area contributed by atoms with Gasteiger partial charge in [-0.1, -0.05) is 6.07 Å². The quantitative estimate of drug-likeness (QED) is 0.512. The van der Waals surface area contributed by atoms with Gasteiger partial charge in [0.25, 0.3) is 0 Å². The average Bonchev–Trinajstić information content (AvgIpc) is 2.71. The summed E-state index contributed by atoms with van der Waals surface area (Å²) in [7, 11) is -5.41. The molecule has 1 amide bonds. The van der Waals surface area contributed by atoms with E-state index in [1.54, 1.807) is 0 Å². The number of carbonyl (C=O) groups is 1. The van der Waals surface area contributed by atoms with E-state index in [2.05, 4.69) is 4.98 Å². The molecule has 8 nitrogen and oxygen atoms in total. The number of hydrogen-bond donors (Lipinski definition) is 3. The first-order chi connectivity index (χ1) is 8.79. The third-order valence-electron chi connectivity index (χ3n) is 2.90. The SMILES string of the molecule is NS(=O)(=O)C1CC(=O)N(c2ccc(B(O)O)cn2)C1. The molecule has 2 heterocycles. The van der Waals surface area contributed by atoms with Crippen molar-refractivity contribution in [1.29, 1.82) is 0 Å². The number of rotatable bonds is 3. The Kier molecular flexibility index (Phi) is 3.59. The fourth-order valence-corrected chi connectivity index (χ4v) is 2.56. The summed E-state index contributed by atoms with van der Waals surface area (Å²) in [5, 5.41) is 21.9. The summed E-state index contributed by atoms with van der Waals surface area (Å²) in [4.78, 5) is 16.8. The van der Waals surface area contributed by atoms with Gasteiger partial charge in [-0.2, -0.15) is 0 Å². The number of nitrogens with zero attached hydrogens (tertiary/aromatic N) is 2. The fourth-order valence-electron chi connectivity index (χ4n) is 1.83. The molecular formula is C9H12BN3O5S. The largest absolute Gasteiger partial charge is 0.490 e. The van der Waals surface area contributed by atoms with Crippen molar-refractivity contribution >= 4 is 34.3 Å². The molecule has 2 rings (SSSR count). The van der Waals surface area contributed by atoms with E-state index in [0.29, 0.717) is 0 Å². The van der Waals surface area contributed by atoms with Gasteiger partial charge in [0.1, 0.15) is 11.1 Å². The average molecular weight is 285 g/mol. The molecule has 0 radical (unpaired) electrons. The zero-order chi connectivity index (χ0) is 14.2. The molecule has 0 spiro atoms. The van der Waals surface area contributed by atoms with Crippen molar-refractivity contribution in [3.05, 3.63) is 18.3 Å². The molecule has 1 aromatic heterocycles. The molecule has 0 saturated carbocycles. The van der Waals surface area contributed by atoms with Crippen molar-refractivity contribution in [3.63, 3.8) is 0 Å². The van der Waals surface area contributed by atoms with E-state index in [9.17, 15) is 13.2 Å².